The molecule has 1 unspecified atom stereocenters. The summed E-state index contributed by atoms with van der Waals surface area (Å²) in [5, 5.41) is 8.91. The van der Waals surface area contributed by atoms with Crippen LogP contribution in [0.3, 0.4) is 0 Å². The SMILES string of the molecule is O=C(O)c1ccc(CCC(=O)N2CCCC2C2CCCC2)cc1. The molecule has 1 N–H and O–H groups in total. The van der Waals surface area contributed by atoms with Gasteiger partial charge in [-0.05, 0) is 55.7 Å². The molecule has 4 nitrogen and oxygen atoms in total. The number of likely N-dealkylation sites (tertiary alicyclic amines) is 1. The molecule has 0 spiro atoms. The van der Waals surface area contributed by atoms with Gasteiger partial charge >= 0.3 is 5.97 Å². The minimum Gasteiger partial charge on any atom is -0.478 e. The molecule has 0 bridgehead atoms. The van der Waals surface area contributed by atoms with Crippen LogP contribution in [-0.4, -0.2) is 34.5 Å². The minimum absolute atomic E-state index is 0.265. The zero-order valence-corrected chi connectivity index (χ0v) is 13.5. The van der Waals surface area contributed by atoms with Crippen molar-refractivity contribution in [3.05, 3.63) is 35.4 Å². The highest BCUT2D eigenvalue weighted by molar-refractivity contribution is 5.87. The first-order valence-corrected chi connectivity index (χ1v) is 8.77. The molecular weight excluding hydrogens is 290 g/mol. The first-order chi connectivity index (χ1) is 11.1. The van der Waals surface area contributed by atoms with Crippen molar-refractivity contribution in [2.45, 2.75) is 57.4 Å². The lowest BCUT2D eigenvalue weighted by atomic mass is 9.95. The maximum atomic E-state index is 12.6. The Morgan fingerprint density at radius 2 is 1.74 bits per heavy atom. The van der Waals surface area contributed by atoms with Crippen molar-refractivity contribution in [2.24, 2.45) is 5.92 Å². The van der Waals surface area contributed by atoms with E-state index in [4.69, 9.17) is 5.11 Å². The summed E-state index contributed by atoms with van der Waals surface area (Å²) in [6, 6.07) is 7.32. The van der Waals surface area contributed by atoms with E-state index < -0.39 is 5.97 Å². The van der Waals surface area contributed by atoms with E-state index in [1.807, 2.05) is 12.1 Å². The predicted molar refractivity (Wildman–Crippen MR) is 88.4 cm³/mol. The summed E-state index contributed by atoms with van der Waals surface area (Å²) in [7, 11) is 0. The fourth-order valence-electron chi connectivity index (χ4n) is 4.14. The molecule has 1 aromatic carbocycles. The Labute approximate surface area is 137 Å². The highest BCUT2D eigenvalue weighted by Gasteiger charge is 2.35. The molecule has 124 valence electrons. The Hall–Kier alpha value is -1.84. The number of amides is 1. The molecule has 0 radical (unpaired) electrons. The third-order valence-electron chi connectivity index (χ3n) is 5.39. The van der Waals surface area contributed by atoms with Crippen LogP contribution in [-0.2, 0) is 11.2 Å². The maximum absolute atomic E-state index is 12.6. The summed E-state index contributed by atoms with van der Waals surface area (Å²) in [6.07, 6.45) is 8.72. The smallest absolute Gasteiger partial charge is 0.335 e. The van der Waals surface area contributed by atoms with Crippen LogP contribution in [0, 0.1) is 5.92 Å². The molecule has 1 atom stereocenters. The number of aryl methyl sites for hydroxylation is 1. The van der Waals surface area contributed by atoms with Crippen LogP contribution >= 0.6 is 0 Å². The third kappa shape index (κ3) is 3.74. The third-order valence-corrected chi connectivity index (χ3v) is 5.39. The summed E-state index contributed by atoms with van der Waals surface area (Å²) in [5.74, 6) is 0.0714. The van der Waals surface area contributed by atoms with E-state index in [-0.39, 0.29) is 5.91 Å². The molecule has 0 aromatic heterocycles. The van der Waals surface area contributed by atoms with Crippen LogP contribution in [0.15, 0.2) is 24.3 Å². The van der Waals surface area contributed by atoms with Gasteiger partial charge in [0.1, 0.15) is 0 Å². The molecule has 1 aliphatic carbocycles. The average Bonchev–Trinajstić information content (AvgIpc) is 3.23. The normalized spacial score (nSPS) is 21.7. The summed E-state index contributed by atoms with van der Waals surface area (Å²) in [6.45, 7) is 0.915. The predicted octanol–water partition coefficient (Wildman–Crippen LogP) is 3.50. The molecule has 1 aromatic rings. The largest absolute Gasteiger partial charge is 0.478 e. The van der Waals surface area contributed by atoms with E-state index in [9.17, 15) is 9.59 Å². The van der Waals surface area contributed by atoms with Gasteiger partial charge in [0.2, 0.25) is 5.91 Å². The lowest BCUT2D eigenvalue weighted by molar-refractivity contribution is -0.132. The van der Waals surface area contributed by atoms with Crippen LogP contribution in [0.1, 0.15) is 60.9 Å². The van der Waals surface area contributed by atoms with Crippen LogP contribution < -0.4 is 0 Å². The molecule has 1 heterocycles. The van der Waals surface area contributed by atoms with E-state index in [1.165, 1.54) is 32.1 Å². The summed E-state index contributed by atoms with van der Waals surface area (Å²) < 4.78 is 0. The number of benzene rings is 1. The Bertz CT molecular complexity index is 560. The van der Waals surface area contributed by atoms with Crippen molar-refractivity contribution >= 4 is 11.9 Å². The van der Waals surface area contributed by atoms with Gasteiger partial charge in [0.05, 0.1) is 5.56 Å². The highest BCUT2D eigenvalue weighted by atomic mass is 16.4. The second-order valence-electron chi connectivity index (χ2n) is 6.84. The standard InChI is InChI=1S/C19H25NO3/c21-18(12-9-14-7-10-16(11-8-14)19(22)23)20-13-3-6-17(20)15-4-1-2-5-15/h7-8,10-11,15,17H,1-6,9,12-13H2,(H,22,23). The zero-order valence-electron chi connectivity index (χ0n) is 13.5. The lowest BCUT2D eigenvalue weighted by Crippen LogP contribution is -2.39. The van der Waals surface area contributed by atoms with Gasteiger partial charge in [-0.25, -0.2) is 4.79 Å². The van der Waals surface area contributed by atoms with E-state index >= 15 is 0 Å². The number of carbonyl (C=O) groups is 2. The van der Waals surface area contributed by atoms with Gasteiger partial charge in [0, 0.05) is 19.0 Å². The molecule has 1 aliphatic heterocycles. The number of hydrogen-bond acceptors (Lipinski definition) is 2. The fourth-order valence-corrected chi connectivity index (χ4v) is 4.14. The first-order valence-electron chi connectivity index (χ1n) is 8.77. The van der Waals surface area contributed by atoms with Crippen molar-refractivity contribution < 1.29 is 14.7 Å². The van der Waals surface area contributed by atoms with Crippen molar-refractivity contribution in [3.63, 3.8) is 0 Å². The molecule has 1 saturated heterocycles. The highest BCUT2D eigenvalue weighted by Crippen LogP contribution is 2.35. The zero-order chi connectivity index (χ0) is 16.2. The second kappa shape index (κ2) is 7.16. The van der Waals surface area contributed by atoms with Gasteiger partial charge in [-0.3, -0.25) is 4.79 Å². The minimum atomic E-state index is -0.913. The topological polar surface area (TPSA) is 57.6 Å². The van der Waals surface area contributed by atoms with Crippen LogP contribution in [0.5, 0.6) is 0 Å². The van der Waals surface area contributed by atoms with Crippen molar-refractivity contribution in [1.82, 2.24) is 4.90 Å². The maximum Gasteiger partial charge on any atom is 0.335 e. The monoisotopic (exact) mass is 315 g/mol. The van der Waals surface area contributed by atoms with Gasteiger partial charge in [-0.15, -0.1) is 0 Å². The molecule has 4 heteroatoms. The first kappa shape index (κ1) is 16.0. The number of aromatic carboxylic acids is 1. The average molecular weight is 315 g/mol. The summed E-state index contributed by atoms with van der Waals surface area (Å²) in [5.41, 5.74) is 1.32. The second-order valence-corrected chi connectivity index (χ2v) is 6.84. The van der Waals surface area contributed by atoms with Crippen LogP contribution in [0.25, 0.3) is 0 Å². The Kier molecular flexibility index (Phi) is 4.99. The Morgan fingerprint density at radius 1 is 1.04 bits per heavy atom. The van der Waals surface area contributed by atoms with Gasteiger partial charge < -0.3 is 10.0 Å². The van der Waals surface area contributed by atoms with E-state index in [1.54, 1.807) is 12.1 Å². The number of nitrogens with zero attached hydrogens (tertiary/aromatic N) is 1. The van der Waals surface area contributed by atoms with Crippen molar-refractivity contribution in [3.8, 4) is 0 Å². The summed E-state index contributed by atoms with van der Waals surface area (Å²) >= 11 is 0. The van der Waals surface area contributed by atoms with Crippen molar-refractivity contribution in [1.29, 1.82) is 0 Å². The molecular formula is C19H25NO3. The molecule has 2 aliphatic rings. The van der Waals surface area contributed by atoms with E-state index in [2.05, 4.69) is 4.90 Å². The van der Waals surface area contributed by atoms with Gasteiger partial charge in [0.15, 0.2) is 0 Å². The van der Waals surface area contributed by atoms with E-state index in [0.29, 0.717) is 24.4 Å². The molecule has 3 rings (SSSR count). The lowest BCUT2D eigenvalue weighted by Gasteiger charge is -2.29. The quantitative estimate of drug-likeness (QED) is 0.904. The van der Waals surface area contributed by atoms with E-state index in [0.717, 1.165) is 24.4 Å². The van der Waals surface area contributed by atoms with Gasteiger partial charge in [0.25, 0.3) is 0 Å². The number of hydrogen-bond donors (Lipinski definition) is 1. The van der Waals surface area contributed by atoms with Crippen LogP contribution in [0.4, 0.5) is 0 Å². The van der Waals surface area contributed by atoms with Gasteiger partial charge in [-0.1, -0.05) is 25.0 Å². The summed E-state index contributed by atoms with van der Waals surface area (Å²) in [4.78, 5) is 25.6. The number of carbonyl (C=O) groups excluding carboxylic acids is 1. The molecule has 23 heavy (non-hydrogen) atoms. The molecule has 1 amide bonds. The number of rotatable bonds is 5. The molecule has 1 saturated carbocycles. The molecule has 2 fully saturated rings. The number of carboxylic acid groups (broad SMARTS) is 1. The Balaban J connectivity index is 1.55. The number of carboxylic acids is 1. The van der Waals surface area contributed by atoms with Crippen molar-refractivity contribution in [2.75, 3.05) is 6.54 Å². The van der Waals surface area contributed by atoms with Crippen LogP contribution in [0.2, 0.25) is 0 Å². The fraction of sp³-hybridized carbons (Fsp3) is 0.579. The van der Waals surface area contributed by atoms with Gasteiger partial charge in [-0.2, -0.15) is 0 Å². The Morgan fingerprint density at radius 3 is 2.39 bits per heavy atom.